The van der Waals surface area contributed by atoms with Crippen molar-refractivity contribution in [1.82, 2.24) is 9.88 Å². The molecule has 0 bridgehead atoms. The molecule has 1 fully saturated rings. The lowest BCUT2D eigenvalue weighted by Gasteiger charge is -2.35. The van der Waals surface area contributed by atoms with Crippen molar-refractivity contribution in [3.8, 4) is 11.5 Å². The Hall–Kier alpha value is -2.78. The number of hydrogen-bond acceptors (Lipinski definition) is 5. The van der Waals surface area contributed by atoms with E-state index in [1.807, 2.05) is 36.4 Å². The second kappa shape index (κ2) is 10.5. The van der Waals surface area contributed by atoms with Crippen molar-refractivity contribution < 1.29 is 23.7 Å². The first-order valence-corrected chi connectivity index (χ1v) is 13.5. The summed E-state index contributed by atoms with van der Waals surface area (Å²) in [7, 11) is 0. The van der Waals surface area contributed by atoms with Crippen LogP contribution in [-0.4, -0.2) is 54.0 Å². The SMILES string of the molecule is O=C(Oc1ccc(Br)cc1)N1CCc2c([nH]c3c2=CC(Cl)CC=3)C1c1ccc(OCC2OCCO2)cc1. The van der Waals surface area contributed by atoms with Gasteiger partial charge in [-0.3, -0.25) is 4.90 Å². The lowest BCUT2D eigenvalue weighted by molar-refractivity contribution is -0.0684. The molecule has 2 unspecified atom stereocenters. The number of fused-ring (bicyclic) bond motifs is 3. The Morgan fingerprint density at radius 1 is 1.08 bits per heavy atom. The summed E-state index contributed by atoms with van der Waals surface area (Å²) in [5.74, 6) is 1.20. The van der Waals surface area contributed by atoms with Crippen LogP contribution < -0.4 is 20.0 Å². The highest BCUT2D eigenvalue weighted by Crippen LogP contribution is 2.34. The average Bonchev–Trinajstić information content (AvgIpc) is 3.56. The largest absolute Gasteiger partial charge is 0.488 e. The van der Waals surface area contributed by atoms with Gasteiger partial charge in [-0.15, -0.1) is 11.6 Å². The first kappa shape index (κ1) is 24.6. The number of amides is 1. The molecule has 1 amide bonds. The summed E-state index contributed by atoms with van der Waals surface area (Å²) in [6.07, 6.45) is 5.00. The van der Waals surface area contributed by atoms with Gasteiger partial charge in [0.05, 0.1) is 18.6 Å². The number of carbonyl (C=O) groups excluding carboxylic acids is 1. The number of benzene rings is 2. The molecule has 1 N–H and O–H groups in total. The minimum absolute atomic E-state index is 0.0319. The molecular formula is C28H26BrClN2O5. The molecule has 0 saturated carbocycles. The maximum atomic E-state index is 13.4. The van der Waals surface area contributed by atoms with Crippen LogP contribution in [0.4, 0.5) is 4.79 Å². The number of aromatic nitrogens is 1. The molecule has 0 radical (unpaired) electrons. The van der Waals surface area contributed by atoms with E-state index in [1.54, 1.807) is 17.0 Å². The molecule has 3 aliphatic rings. The Labute approximate surface area is 227 Å². The maximum Gasteiger partial charge on any atom is 0.416 e. The van der Waals surface area contributed by atoms with Gasteiger partial charge >= 0.3 is 6.09 Å². The van der Waals surface area contributed by atoms with Crippen LogP contribution in [-0.2, 0) is 15.9 Å². The molecule has 37 heavy (non-hydrogen) atoms. The van der Waals surface area contributed by atoms with E-state index in [-0.39, 0.29) is 17.7 Å². The molecule has 1 aliphatic carbocycles. The van der Waals surface area contributed by atoms with E-state index < -0.39 is 6.09 Å². The number of H-pyrrole nitrogens is 1. The Balaban J connectivity index is 1.32. The first-order valence-electron chi connectivity index (χ1n) is 12.3. The van der Waals surface area contributed by atoms with Crippen LogP contribution in [0.3, 0.4) is 0 Å². The fourth-order valence-corrected chi connectivity index (χ4v) is 5.54. The molecule has 3 heterocycles. The summed E-state index contributed by atoms with van der Waals surface area (Å²) in [4.78, 5) is 18.8. The summed E-state index contributed by atoms with van der Waals surface area (Å²) in [6.45, 7) is 2.02. The van der Waals surface area contributed by atoms with Crippen molar-refractivity contribution in [3.05, 3.63) is 80.4 Å². The van der Waals surface area contributed by atoms with Crippen molar-refractivity contribution >= 4 is 45.8 Å². The zero-order chi connectivity index (χ0) is 25.4. The van der Waals surface area contributed by atoms with Gasteiger partial charge in [0, 0.05) is 27.3 Å². The number of carbonyl (C=O) groups is 1. The summed E-state index contributed by atoms with van der Waals surface area (Å²) < 4.78 is 23.4. The third-order valence-electron chi connectivity index (χ3n) is 6.82. The minimum Gasteiger partial charge on any atom is -0.488 e. The number of hydrogen-bond donors (Lipinski definition) is 1. The van der Waals surface area contributed by atoms with Gasteiger partial charge in [0.25, 0.3) is 0 Å². The topological polar surface area (TPSA) is 73.0 Å². The van der Waals surface area contributed by atoms with E-state index in [0.29, 0.717) is 44.3 Å². The molecule has 1 saturated heterocycles. The molecule has 2 aromatic carbocycles. The smallest absolute Gasteiger partial charge is 0.416 e. The van der Waals surface area contributed by atoms with E-state index in [0.717, 1.165) is 32.7 Å². The molecule has 9 heteroatoms. The van der Waals surface area contributed by atoms with Crippen LogP contribution in [0.25, 0.3) is 12.2 Å². The van der Waals surface area contributed by atoms with Gasteiger partial charge in [0.1, 0.15) is 24.1 Å². The molecule has 3 aromatic rings. The van der Waals surface area contributed by atoms with Crippen LogP contribution in [0.1, 0.15) is 29.3 Å². The predicted octanol–water partition coefficient (Wildman–Crippen LogP) is 4.25. The Kier molecular flexibility index (Phi) is 6.99. The minimum atomic E-state index is -0.399. The third kappa shape index (κ3) is 5.16. The van der Waals surface area contributed by atoms with Crippen molar-refractivity contribution in [2.24, 2.45) is 0 Å². The van der Waals surface area contributed by atoms with Gasteiger partial charge < -0.3 is 23.9 Å². The number of nitrogens with one attached hydrogen (secondary N) is 1. The second-order valence-corrected chi connectivity index (χ2v) is 10.7. The molecule has 7 nitrogen and oxygen atoms in total. The van der Waals surface area contributed by atoms with Crippen molar-refractivity contribution in [2.45, 2.75) is 30.6 Å². The van der Waals surface area contributed by atoms with Crippen molar-refractivity contribution in [1.29, 1.82) is 0 Å². The van der Waals surface area contributed by atoms with E-state index >= 15 is 0 Å². The summed E-state index contributed by atoms with van der Waals surface area (Å²) >= 11 is 9.87. The van der Waals surface area contributed by atoms with Gasteiger partial charge in [-0.1, -0.05) is 40.2 Å². The van der Waals surface area contributed by atoms with Crippen LogP contribution >= 0.6 is 27.5 Å². The van der Waals surface area contributed by atoms with Gasteiger partial charge in [-0.05, 0) is 60.4 Å². The van der Waals surface area contributed by atoms with Crippen LogP contribution in [0, 0.1) is 0 Å². The molecule has 2 aliphatic heterocycles. The van der Waals surface area contributed by atoms with Crippen LogP contribution in [0.2, 0.25) is 0 Å². The number of halogens is 2. The van der Waals surface area contributed by atoms with Crippen molar-refractivity contribution in [3.63, 3.8) is 0 Å². The number of rotatable bonds is 5. The molecule has 2 atom stereocenters. The fraction of sp³-hybridized carbons (Fsp3) is 0.321. The Morgan fingerprint density at radius 2 is 1.81 bits per heavy atom. The Bertz CT molecular complexity index is 1400. The standard InChI is InChI=1S/C28H26BrClN2O5/c29-18-3-8-21(9-4-18)37-28(33)32-12-11-22-23-15-19(30)5-10-24(23)31-26(22)27(32)17-1-6-20(7-2-17)36-16-25-34-13-14-35-25/h1-4,6-10,15,19,25,27,31H,5,11-14,16H2. The van der Waals surface area contributed by atoms with E-state index in [4.69, 9.17) is 30.5 Å². The predicted molar refractivity (Wildman–Crippen MR) is 143 cm³/mol. The zero-order valence-electron chi connectivity index (χ0n) is 20.0. The lowest BCUT2D eigenvalue weighted by Crippen LogP contribution is -2.43. The number of aromatic amines is 1. The molecular weight excluding hydrogens is 560 g/mol. The summed E-state index contributed by atoms with van der Waals surface area (Å²) in [5.41, 5.74) is 3.14. The summed E-state index contributed by atoms with van der Waals surface area (Å²) in [6, 6.07) is 14.7. The summed E-state index contributed by atoms with van der Waals surface area (Å²) in [5, 5.41) is 2.17. The number of ether oxygens (including phenoxy) is 4. The number of alkyl halides is 1. The highest BCUT2D eigenvalue weighted by Gasteiger charge is 2.35. The number of nitrogens with zero attached hydrogens (tertiary/aromatic N) is 1. The van der Waals surface area contributed by atoms with Gasteiger partial charge in [0.2, 0.25) is 0 Å². The zero-order valence-corrected chi connectivity index (χ0v) is 22.3. The fourth-order valence-electron chi connectivity index (χ4n) is 5.07. The van der Waals surface area contributed by atoms with E-state index in [2.05, 4.69) is 33.1 Å². The van der Waals surface area contributed by atoms with E-state index in [9.17, 15) is 4.79 Å². The molecule has 192 valence electrons. The highest BCUT2D eigenvalue weighted by atomic mass is 79.9. The van der Waals surface area contributed by atoms with Gasteiger partial charge in [-0.25, -0.2) is 4.79 Å². The van der Waals surface area contributed by atoms with Crippen molar-refractivity contribution in [2.75, 3.05) is 26.4 Å². The lowest BCUT2D eigenvalue weighted by atomic mass is 9.92. The normalized spacial score (nSPS) is 21.0. The monoisotopic (exact) mass is 584 g/mol. The van der Waals surface area contributed by atoms with E-state index in [1.165, 1.54) is 5.56 Å². The third-order valence-corrected chi connectivity index (χ3v) is 7.65. The molecule has 6 rings (SSSR count). The second-order valence-electron chi connectivity index (χ2n) is 9.19. The van der Waals surface area contributed by atoms with Gasteiger partial charge in [0.15, 0.2) is 6.29 Å². The average molecular weight is 586 g/mol. The quantitative estimate of drug-likeness (QED) is 0.454. The van der Waals surface area contributed by atoms with Crippen LogP contribution in [0.15, 0.2) is 53.0 Å². The highest BCUT2D eigenvalue weighted by molar-refractivity contribution is 9.10. The first-order chi connectivity index (χ1) is 18.0. The van der Waals surface area contributed by atoms with Gasteiger partial charge in [-0.2, -0.15) is 0 Å². The molecule has 0 spiro atoms. The molecule has 1 aromatic heterocycles. The van der Waals surface area contributed by atoms with Crippen LogP contribution in [0.5, 0.6) is 11.5 Å². The maximum absolute atomic E-state index is 13.4. The Morgan fingerprint density at radius 3 is 2.57 bits per heavy atom.